The third-order valence-electron chi connectivity index (χ3n) is 3.11. The van der Waals surface area contributed by atoms with Crippen molar-refractivity contribution in [3.63, 3.8) is 0 Å². The fraction of sp³-hybridized carbons (Fsp3) is 0.375. The van der Waals surface area contributed by atoms with Crippen LogP contribution in [0.25, 0.3) is 0 Å². The van der Waals surface area contributed by atoms with Gasteiger partial charge in [0, 0.05) is 19.2 Å². The average molecular weight is 303 g/mol. The maximum Gasteiger partial charge on any atom is 0.320 e. The van der Waals surface area contributed by atoms with Gasteiger partial charge in [0.25, 0.3) is 0 Å². The van der Waals surface area contributed by atoms with Crippen molar-refractivity contribution in [1.82, 2.24) is 10.5 Å². The first kappa shape index (κ1) is 16.0. The molecule has 0 fully saturated rings. The zero-order valence-electron chi connectivity index (χ0n) is 12.8. The number of nitrogens with one attached hydrogen (secondary N) is 2. The van der Waals surface area contributed by atoms with Crippen molar-refractivity contribution in [2.75, 3.05) is 18.5 Å². The molecular weight excluding hydrogens is 282 g/mol. The Hall–Kier alpha value is -2.34. The molecule has 0 radical (unpaired) electrons. The highest BCUT2D eigenvalue weighted by Crippen LogP contribution is 2.15. The molecule has 2 aromatic rings. The highest BCUT2D eigenvalue weighted by Gasteiger charge is 2.06. The predicted molar refractivity (Wildman–Crippen MR) is 83.7 cm³/mol. The second kappa shape index (κ2) is 8.19. The summed E-state index contributed by atoms with van der Waals surface area (Å²) in [6, 6.07) is 11.4. The van der Waals surface area contributed by atoms with Crippen LogP contribution < -0.4 is 10.6 Å². The number of aromatic nitrogens is 1. The molecule has 0 aliphatic carbocycles. The van der Waals surface area contributed by atoms with Crippen LogP contribution in [0.4, 0.5) is 10.6 Å². The molecule has 0 aliphatic heterocycles. The fourth-order valence-corrected chi connectivity index (χ4v) is 1.94. The summed E-state index contributed by atoms with van der Waals surface area (Å²) in [4.78, 5) is 11.6. The van der Waals surface area contributed by atoms with Crippen LogP contribution in [0.2, 0.25) is 0 Å². The number of anilines is 1. The highest BCUT2D eigenvalue weighted by molar-refractivity contribution is 5.88. The molecule has 2 amide bonds. The largest absolute Gasteiger partial charge is 0.374 e. The van der Waals surface area contributed by atoms with E-state index in [9.17, 15) is 4.79 Å². The quantitative estimate of drug-likeness (QED) is 0.770. The van der Waals surface area contributed by atoms with E-state index in [1.165, 1.54) is 0 Å². The van der Waals surface area contributed by atoms with Crippen LogP contribution >= 0.6 is 0 Å². The first-order valence-electron chi connectivity index (χ1n) is 7.30. The summed E-state index contributed by atoms with van der Waals surface area (Å²) < 4.78 is 10.6. The topological polar surface area (TPSA) is 76.4 Å². The fourth-order valence-electron chi connectivity index (χ4n) is 1.94. The van der Waals surface area contributed by atoms with E-state index < -0.39 is 0 Å². The summed E-state index contributed by atoms with van der Waals surface area (Å²) in [6.45, 7) is 4.90. The number of benzene rings is 1. The Morgan fingerprint density at radius 3 is 2.82 bits per heavy atom. The van der Waals surface area contributed by atoms with Gasteiger partial charge in [-0.2, -0.15) is 0 Å². The molecule has 6 heteroatoms. The third-order valence-corrected chi connectivity index (χ3v) is 3.11. The molecule has 0 aliphatic rings. The van der Waals surface area contributed by atoms with E-state index in [0.29, 0.717) is 24.7 Å². The Bertz CT molecular complexity index is 583. The van der Waals surface area contributed by atoms with Crippen molar-refractivity contribution in [2.24, 2.45) is 0 Å². The molecule has 0 saturated carbocycles. The molecule has 118 valence electrons. The van der Waals surface area contributed by atoms with Crippen LogP contribution in [0, 0.1) is 6.92 Å². The summed E-state index contributed by atoms with van der Waals surface area (Å²) in [5.74, 6) is 1.06. The number of ether oxygens (including phenoxy) is 1. The van der Waals surface area contributed by atoms with E-state index in [2.05, 4.69) is 15.8 Å². The third kappa shape index (κ3) is 5.21. The van der Waals surface area contributed by atoms with Crippen LogP contribution in [0.3, 0.4) is 0 Å². The Labute approximate surface area is 129 Å². The highest BCUT2D eigenvalue weighted by atomic mass is 16.5. The summed E-state index contributed by atoms with van der Waals surface area (Å²) in [5.41, 5.74) is 1.15. The number of rotatable bonds is 7. The van der Waals surface area contributed by atoms with Crippen molar-refractivity contribution in [2.45, 2.75) is 26.4 Å². The molecule has 2 rings (SSSR count). The standard InChI is InChI=1S/C16H21N3O3/c1-12-11-15(19-22-12)18-16(20)17-9-6-10-21-13(2)14-7-4-3-5-8-14/h3-5,7-8,11,13H,6,9-10H2,1-2H3,(H2,17,18,19,20). The molecular formula is C16H21N3O3. The van der Waals surface area contributed by atoms with Crippen molar-refractivity contribution >= 4 is 11.8 Å². The minimum atomic E-state index is -0.301. The van der Waals surface area contributed by atoms with E-state index in [-0.39, 0.29) is 12.1 Å². The van der Waals surface area contributed by atoms with Gasteiger partial charge in [-0.1, -0.05) is 35.5 Å². The molecule has 1 atom stereocenters. The lowest BCUT2D eigenvalue weighted by molar-refractivity contribution is 0.0644. The summed E-state index contributed by atoms with van der Waals surface area (Å²) in [6.07, 6.45) is 0.788. The number of nitrogens with zero attached hydrogens (tertiary/aromatic N) is 1. The Morgan fingerprint density at radius 2 is 2.14 bits per heavy atom. The van der Waals surface area contributed by atoms with Gasteiger partial charge < -0.3 is 14.6 Å². The molecule has 0 spiro atoms. The SMILES string of the molecule is Cc1cc(NC(=O)NCCCOC(C)c2ccccc2)no1. The first-order chi connectivity index (χ1) is 10.6. The predicted octanol–water partition coefficient (Wildman–Crippen LogP) is 3.27. The Balaban J connectivity index is 1.58. The Kier molecular flexibility index (Phi) is 5.97. The molecule has 1 unspecified atom stereocenters. The van der Waals surface area contributed by atoms with E-state index in [1.807, 2.05) is 37.3 Å². The maximum atomic E-state index is 11.6. The molecule has 6 nitrogen and oxygen atoms in total. The lowest BCUT2D eigenvalue weighted by Crippen LogP contribution is -2.30. The summed E-state index contributed by atoms with van der Waals surface area (Å²) in [7, 11) is 0. The number of carbonyl (C=O) groups excluding carboxylic acids is 1. The van der Waals surface area contributed by atoms with E-state index >= 15 is 0 Å². The van der Waals surface area contributed by atoms with Crippen molar-refractivity contribution in [3.05, 3.63) is 47.7 Å². The van der Waals surface area contributed by atoms with Crippen molar-refractivity contribution in [3.8, 4) is 0 Å². The number of aryl methyl sites for hydroxylation is 1. The second-order valence-electron chi connectivity index (χ2n) is 4.98. The molecule has 2 N–H and O–H groups in total. The van der Waals surface area contributed by atoms with Gasteiger partial charge in [-0.15, -0.1) is 0 Å². The normalized spacial score (nSPS) is 11.9. The smallest absolute Gasteiger partial charge is 0.320 e. The number of urea groups is 1. The number of hydrogen-bond acceptors (Lipinski definition) is 4. The first-order valence-corrected chi connectivity index (χ1v) is 7.30. The van der Waals surface area contributed by atoms with Crippen LogP contribution in [0.1, 0.15) is 30.8 Å². The molecule has 0 saturated heterocycles. The average Bonchev–Trinajstić information content (AvgIpc) is 2.92. The minimum Gasteiger partial charge on any atom is -0.374 e. The monoisotopic (exact) mass is 303 g/mol. The van der Waals surface area contributed by atoms with Gasteiger partial charge in [0.15, 0.2) is 5.82 Å². The van der Waals surface area contributed by atoms with Gasteiger partial charge in [-0.25, -0.2) is 4.79 Å². The zero-order chi connectivity index (χ0) is 15.8. The van der Waals surface area contributed by atoms with Gasteiger partial charge in [0.1, 0.15) is 5.76 Å². The summed E-state index contributed by atoms with van der Waals surface area (Å²) in [5, 5.41) is 9.02. The molecule has 1 heterocycles. The zero-order valence-corrected chi connectivity index (χ0v) is 12.8. The minimum absolute atomic E-state index is 0.0492. The molecule has 22 heavy (non-hydrogen) atoms. The number of amides is 2. The lowest BCUT2D eigenvalue weighted by atomic mass is 10.1. The van der Waals surface area contributed by atoms with Gasteiger partial charge in [0.2, 0.25) is 0 Å². The maximum absolute atomic E-state index is 11.6. The Morgan fingerprint density at radius 1 is 1.36 bits per heavy atom. The second-order valence-corrected chi connectivity index (χ2v) is 4.98. The van der Waals surface area contributed by atoms with Crippen LogP contribution in [-0.2, 0) is 4.74 Å². The van der Waals surface area contributed by atoms with E-state index in [4.69, 9.17) is 9.26 Å². The van der Waals surface area contributed by atoms with Crippen LogP contribution in [0.5, 0.6) is 0 Å². The van der Waals surface area contributed by atoms with Gasteiger partial charge in [-0.05, 0) is 25.8 Å². The number of hydrogen-bond donors (Lipinski definition) is 2. The lowest BCUT2D eigenvalue weighted by Gasteiger charge is -2.13. The van der Waals surface area contributed by atoms with E-state index in [0.717, 1.165) is 12.0 Å². The molecule has 0 bridgehead atoms. The van der Waals surface area contributed by atoms with Crippen molar-refractivity contribution in [1.29, 1.82) is 0 Å². The molecule has 1 aromatic carbocycles. The number of carbonyl (C=O) groups is 1. The van der Waals surface area contributed by atoms with Gasteiger partial charge >= 0.3 is 6.03 Å². The van der Waals surface area contributed by atoms with Gasteiger partial charge in [-0.3, -0.25) is 5.32 Å². The van der Waals surface area contributed by atoms with Gasteiger partial charge in [0.05, 0.1) is 6.10 Å². The van der Waals surface area contributed by atoms with Crippen molar-refractivity contribution < 1.29 is 14.1 Å². The molecule has 1 aromatic heterocycles. The summed E-state index contributed by atoms with van der Waals surface area (Å²) >= 11 is 0. The van der Waals surface area contributed by atoms with Crippen LogP contribution in [-0.4, -0.2) is 24.3 Å². The van der Waals surface area contributed by atoms with E-state index in [1.54, 1.807) is 13.0 Å². The van der Waals surface area contributed by atoms with Crippen LogP contribution in [0.15, 0.2) is 40.9 Å².